The molecule has 0 aliphatic carbocycles. The molecule has 2 heterocycles. The lowest BCUT2D eigenvalue weighted by molar-refractivity contribution is 0.0383. The largest absolute Gasteiger partial charge is 0.379 e. The first-order chi connectivity index (χ1) is 12.6. The molecule has 3 rings (SSSR count). The number of aryl methyl sites for hydroxylation is 2. The molecule has 0 atom stereocenters. The van der Waals surface area contributed by atoms with Gasteiger partial charge < -0.3 is 15.4 Å². The number of benzene rings is 1. The average Bonchev–Trinajstić information content (AvgIpc) is 2.66. The minimum Gasteiger partial charge on any atom is -0.379 e. The molecule has 1 aromatic heterocycles. The molecule has 2 N–H and O–H groups in total. The molecule has 2 aromatic rings. The van der Waals surface area contributed by atoms with Crippen LogP contribution in [0, 0.1) is 13.8 Å². The van der Waals surface area contributed by atoms with Crippen molar-refractivity contribution in [1.82, 2.24) is 20.2 Å². The summed E-state index contributed by atoms with van der Waals surface area (Å²) in [5.41, 5.74) is 3.82. The smallest absolute Gasteiger partial charge is 0.254 e. The third-order valence-electron chi connectivity index (χ3n) is 4.49. The molecule has 1 fully saturated rings. The van der Waals surface area contributed by atoms with Gasteiger partial charge in [-0.1, -0.05) is 6.07 Å². The Kier molecular flexibility index (Phi) is 6.14. The van der Waals surface area contributed by atoms with Gasteiger partial charge in [-0.05, 0) is 37.1 Å². The van der Waals surface area contributed by atoms with E-state index in [0.717, 1.165) is 38.5 Å². The Morgan fingerprint density at radius 2 is 1.88 bits per heavy atom. The Morgan fingerprint density at radius 3 is 2.58 bits per heavy atom. The molecular formula is C19H25N5O2. The van der Waals surface area contributed by atoms with Gasteiger partial charge in [-0.2, -0.15) is 0 Å². The third-order valence-corrected chi connectivity index (χ3v) is 4.49. The highest BCUT2D eigenvalue weighted by Gasteiger charge is 2.11. The fourth-order valence-electron chi connectivity index (χ4n) is 2.71. The number of amides is 1. The van der Waals surface area contributed by atoms with Crippen molar-refractivity contribution in [3.63, 3.8) is 0 Å². The topological polar surface area (TPSA) is 79.4 Å². The number of carbonyl (C=O) groups excluding carboxylic acids is 1. The highest BCUT2D eigenvalue weighted by molar-refractivity contribution is 5.93. The van der Waals surface area contributed by atoms with E-state index < -0.39 is 0 Å². The van der Waals surface area contributed by atoms with Gasteiger partial charge in [-0.25, -0.2) is 9.97 Å². The second-order valence-corrected chi connectivity index (χ2v) is 6.43. The van der Waals surface area contributed by atoms with E-state index in [1.165, 1.54) is 11.1 Å². The third kappa shape index (κ3) is 5.00. The number of anilines is 2. The van der Waals surface area contributed by atoms with Crippen LogP contribution < -0.4 is 10.6 Å². The number of aromatic nitrogens is 2. The molecule has 0 bridgehead atoms. The molecule has 1 aromatic carbocycles. The normalized spacial score (nSPS) is 14.8. The number of hydrogen-bond acceptors (Lipinski definition) is 6. The van der Waals surface area contributed by atoms with Crippen molar-refractivity contribution in [3.8, 4) is 0 Å². The Bertz CT molecular complexity index is 742. The number of carbonyl (C=O) groups is 1. The lowest BCUT2D eigenvalue weighted by Crippen LogP contribution is -2.41. The van der Waals surface area contributed by atoms with Crippen molar-refractivity contribution in [2.24, 2.45) is 0 Å². The van der Waals surface area contributed by atoms with E-state index in [4.69, 9.17) is 4.74 Å². The van der Waals surface area contributed by atoms with Gasteiger partial charge in [-0.15, -0.1) is 0 Å². The summed E-state index contributed by atoms with van der Waals surface area (Å²) in [5.74, 6) is 0.314. The van der Waals surface area contributed by atoms with Crippen molar-refractivity contribution in [2.75, 3.05) is 44.7 Å². The molecule has 1 aliphatic heterocycles. The summed E-state index contributed by atoms with van der Waals surface area (Å²) in [6.45, 7) is 8.90. The predicted octanol–water partition coefficient (Wildman–Crippen LogP) is 1.90. The van der Waals surface area contributed by atoms with Crippen molar-refractivity contribution in [2.45, 2.75) is 13.8 Å². The standard InChI is InChI=1S/C19H25N5O2/c1-14-3-4-17(11-15(14)2)23-19-21-12-16(13-22-19)18(25)20-5-6-24-7-9-26-10-8-24/h3-4,11-13H,5-10H2,1-2H3,(H,20,25)(H,21,22,23). The second-order valence-electron chi connectivity index (χ2n) is 6.43. The maximum Gasteiger partial charge on any atom is 0.254 e. The van der Waals surface area contributed by atoms with Gasteiger partial charge in [0.15, 0.2) is 0 Å². The zero-order valence-corrected chi connectivity index (χ0v) is 15.3. The van der Waals surface area contributed by atoms with Crippen LogP contribution in [-0.4, -0.2) is 60.2 Å². The summed E-state index contributed by atoms with van der Waals surface area (Å²) in [5, 5.41) is 6.06. The average molecular weight is 355 g/mol. The minimum atomic E-state index is -0.156. The molecule has 0 radical (unpaired) electrons. The second kappa shape index (κ2) is 8.73. The molecule has 26 heavy (non-hydrogen) atoms. The van der Waals surface area contributed by atoms with Crippen LogP contribution in [0.25, 0.3) is 0 Å². The molecule has 1 aliphatic rings. The maximum atomic E-state index is 12.2. The van der Waals surface area contributed by atoms with Crippen LogP contribution in [0.2, 0.25) is 0 Å². The van der Waals surface area contributed by atoms with Crippen LogP contribution in [-0.2, 0) is 4.74 Å². The van der Waals surface area contributed by atoms with Crippen LogP contribution >= 0.6 is 0 Å². The van der Waals surface area contributed by atoms with Crippen LogP contribution in [0.3, 0.4) is 0 Å². The minimum absolute atomic E-state index is 0.156. The van der Waals surface area contributed by atoms with Crippen molar-refractivity contribution < 1.29 is 9.53 Å². The number of morpholine rings is 1. The van der Waals surface area contributed by atoms with Gasteiger partial charge in [0, 0.05) is 44.3 Å². The van der Waals surface area contributed by atoms with Crippen LogP contribution in [0.15, 0.2) is 30.6 Å². The Hall–Kier alpha value is -2.51. The molecule has 7 nitrogen and oxygen atoms in total. The summed E-state index contributed by atoms with van der Waals surface area (Å²) >= 11 is 0. The summed E-state index contributed by atoms with van der Waals surface area (Å²) in [6.07, 6.45) is 3.08. The predicted molar refractivity (Wildman–Crippen MR) is 101 cm³/mol. The zero-order valence-electron chi connectivity index (χ0n) is 15.3. The first-order valence-electron chi connectivity index (χ1n) is 8.86. The number of nitrogens with zero attached hydrogens (tertiary/aromatic N) is 3. The lowest BCUT2D eigenvalue weighted by Gasteiger charge is -2.26. The molecule has 1 amide bonds. The van der Waals surface area contributed by atoms with E-state index in [1.807, 2.05) is 18.2 Å². The lowest BCUT2D eigenvalue weighted by atomic mass is 10.1. The molecule has 7 heteroatoms. The van der Waals surface area contributed by atoms with E-state index in [1.54, 1.807) is 12.4 Å². The van der Waals surface area contributed by atoms with Crippen molar-refractivity contribution in [3.05, 3.63) is 47.3 Å². The number of rotatable bonds is 6. The molecule has 1 saturated heterocycles. The number of hydrogen-bond donors (Lipinski definition) is 2. The van der Waals surface area contributed by atoms with Gasteiger partial charge in [0.25, 0.3) is 5.91 Å². The van der Waals surface area contributed by atoms with E-state index in [0.29, 0.717) is 18.1 Å². The first kappa shape index (κ1) is 18.3. The van der Waals surface area contributed by atoms with Gasteiger partial charge in [0.2, 0.25) is 5.95 Å². The van der Waals surface area contributed by atoms with E-state index in [9.17, 15) is 4.79 Å². The fourth-order valence-corrected chi connectivity index (χ4v) is 2.71. The SMILES string of the molecule is Cc1ccc(Nc2ncc(C(=O)NCCN3CCOCC3)cn2)cc1C. The molecule has 0 saturated carbocycles. The molecular weight excluding hydrogens is 330 g/mol. The van der Waals surface area contributed by atoms with Crippen molar-refractivity contribution in [1.29, 1.82) is 0 Å². The van der Waals surface area contributed by atoms with Crippen LogP contribution in [0.4, 0.5) is 11.6 Å². The summed E-state index contributed by atoms with van der Waals surface area (Å²) in [6, 6.07) is 6.08. The first-order valence-corrected chi connectivity index (χ1v) is 8.86. The Balaban J connectivity index is 1.49. The van der Waals surface area contributed by atoms with Crippen LogP contribution in [0.5, 0.6) is 0 Å². The molecule has 138 valence electrons. The highest BCUT2D eigenvalue weighted by Crippen LogP contribution is 2.17. The fraction of sp³-hybridized carbons (Fsp3) is 0.421. The zero-order chi connectivity index (χ0) is 18.4. The Labute approximate surface area is 153 Å². The highest BCUT2D eigenvalue weighted by atomic mass is 16.5. The quantitative estimate of drug-likeness (QED) is 0.824. The van der Waals surface area contributed by atoms with Crippen LogP contribution in [0.1, 0.15) is 21.5 Å². The monoisotopic (exact) mass is 355 g/mol. The van der Waals surface area contributed by atoms with Crippen molar-refractivity contribution >= 4 is 17.5 Å². The number of nitrogens with one attached hydrogen (secondary N) is 2. The van der Waals surface area contributed by atoms with Gasteiger partial charge in [-0.3, -0.25) is 9.69 Å². The molecule has 0 unspecified atom stereocenters. The summed E-state index contributed by atoms with van der Waals surface area (Å²) in [4.78, 5) is 22.9. The van der Waals surface area contributed by atoms with Gasteiger partial charge in [0.05, 0.1) is 18.8 Å². The van der Waals surface area contributed by atoms with E-state index in [2.05, 4.69) is 39.3 Å². The number of ether oxygens (including phenoxy) is 1. The van der Waals surface area contributed by atoms with Gasteiger partial charge in [0.1, 0.15) is 0 Å². The Morgan fingerprint density at radius 1 is 1.15 bits per heavy atom. The summed E-state index contributed by atoms with van der Waals surface area (Å²) < 4.78 is 5.31. The van der Waals surface area contributed by atoms with E-state index >= 15 is 0 Å². The maximum absolute atomic E-state index is 12.2. The van der Waals surface area contributed by atoms with Gasteiger partial charge >= 0.3 is 0 Å². The van der Waals surface area contributed by atoms with E-state index in [-0.39, 0.29) is 5.91 Å². The molecule has 0 spiro atoms. The summed E-state index contributed by atoms with van der Waals surface area (Å²) in [7, 11) is 0.